The second-order valence-electron chi connectivity index (χ2n) is 52.8. The molecule has 2 saturated heterocycles. The fraction of sp³-hybridized carbons (Fsp3) is 0.875. The second kappa shape index (κ2) is 73.6. The molecule has 4 heterocycles. The zero-order valence-corrected chi connectivity index (χ0v) is 96.7. The first kappa shape index (κ1) is 144. The number of ether oxygens (including phenoxy) is 1. The van der Waals surface area contributed by atoms with Gasteiger partial charge >= 0.3 is 5.97 Å². The molecule has 21 N–H and O–H groups in total. The number of benzene rings is 1. The van der Waals surface area contributed by atoms with Crippen molar-refractivity contribution in [1.82, 2.24) is 25.8 Å². The normalized spacial score (nSPS) is 16.2. The second-order valence-corrected chi connectivity index (χ2v) is 53.5. The molecule has 2 aromatic heterocycles. The van der Waals surface area contributed by atoms with Crippen molar-refractivity contribution < 1.29 is 28.9 Å². The molecule has 2 unspecified atom stereocenters. The summed E-state index contributed by atoms with van der Waals surface area (Å²) in [7, 11) is 1.68. The molecule has 0 radical (unpaired) electrons. The topological polar surface area (TPSA) is 358 Å². The van der Waals surface area contributed by atoms with E-state index in [0.717, 1.165) is 113 Å². The summed E-state index contributed by atoms with van der Waals surface area (Å²) in [5.41, 5.74) is 54.2. The molecule has 3 aromatic rings. The van der Waals surface area contributed by atoms with Crippen LogP contribution in [0.15, 0.2) is 47.4 Å². The Kier molecular flexibility index (Phi) is 80.2. The molecule has 0 bridgehead atoms. The van der Waals surface area contributed by atoms with Gasteiger partial charge in [0.2, 0.25) is 5.91 Å². The maximum Gasteiger partial charge on any atom is 0.320 e. The number of aromatic nitrogens is 3. The molecule has 2 aliphatic heterocycles. The van der Waals surface area contributed by atoms with Crippen LogP contribution in [0.5, 0.6) is 0 Å². The van der Waals surface area contributed by atoms with Crippen LogP contribution in [-0.4, -0.2) is 125 Å². The Balaban J connectivity index is -0.000000211. The average Bonchev–Trinajstić information content (AvgIpc) is 1.65. The Morgan fingerprint density at radius 3 is 1.27 bits per heavy atom. The standard InChI is InChI=1S/C13H20FN.C10H18N2S.C10H20.C9H21NO.C8H15NO.C8H19NO.2C8H19N.C8H18.C7H12N2.C7H15NO2.C7H17N.C6H13N.C3H8/c1-13(2,3)9-12(15)8-10-4-6-11(14)7-5-10;1-10(2,3)5-8(11)4-9-6-13-7-12-9;1-5-10(6-7-10)8-9(2,3)4;1-8(2,3)6-7(10)9(4,5)11;1-6(2)5-7-3-4-8(10)9-7;1-8(2,3)5-7(9)6-10-4;1-7(2,3)6-8(4,5)9;1-8(2,3)6-4-5-7-9;1-5-6-7-8(2,3)4;1-6(2)5-7-3-4-8-9-7;1-7(2,3)4-5(8)6(9)10;1-7(2,3)5-4-6-8;1-6-3-2-4-7-5-6;1-3-2/h4-7,12H,8-9,15H2,1-3H3;6-8H,4-5,11H2,1-3H3;5-8H2,1-4H3;7,11H,6,10H2,1-5H3;6-7H,3-5H2,1-2H3,(H,9,10);7H,5-6,9H2,1-4H3;6,9H2,1-5H3;4-7,9H2,1-3H3;5-7H2,1-4H3;3-4,6H,5H2,1-2H3,(H,8,9);5H,4,8H2,1-3H3,(H,9,10);4-6,8H2,1-3H3;6-7H,2-5H2,1H3;3H2,1-2H3/t12-;8-;;7-;;7-;;;;;;;6-;/m00.1.1......1./s1. The highest BCUT2D eigenvalue weighted by atomic mass is 32.1. The number of aromatic amines is 1. The van der Waals surface area contributed by atoms with E-state index < -0.39 is 17.6 Å². The van der Waals surface area contributed by atoms with Crippen molar-refractivity contribution >= 4 is 23.2 Å². The number of carbonyl (C=O) groups is 2. The number of amides is 1. The summed E-state index contributed by atoms with van der Waals surface area (Å²) < 4.78 is 17.6. The number of nitrogens with two attached hydrogens (primary N) is 8. The summed E-state index contributed by atoms with van der Waals surface area (Å²) in [6.45, 7) is 98.4. The van der Waals surface area contributed by atoms with E-state index in [1.807, 2.05) is 32.3 Å². The third-order valence-electron chi connectivity index (χ3n) is 20.2. The molecule has 790 valence electrons. The lowest BCUT2D eigenvalue weighted by atomic mass is 9.81. The molecule has 20 heteroatoms. The Bertz CT molecular complexity index is 3020. The first-order valence-corrected chi connectivity index (χ1v) is 52.3. The highest BCUT2D eigenvalue weighted by Gasteiger charge is 2.43. The van der Waals surface area contributed by atoms with Crippen molar-refractivity contribution in [2.45, 2.75) is 518 Å². The number of carboxylic acids is 1. The number of rotatable bonds is 27. The molecule has 1 aliphatic carbocycles. The van der Waals surface area contributed by atoms with Gasteiger partial charge in [-0.2, -0.15) is 5.10 Å². The molecule has 1 saturated carbocycles. The summed E-state index contributed by atoms with van der Waals surface area (Å²) >= 11 is 1.63. The van der Waals surface area contributed by atoms with Crippen LogP contribution < -0.4 is 56.5 Å². The first-order valence-electron chi connectivity index (χ1n) is 51.4. The number of H-pyrrole nitrogens is 1. The van der Waals surface area contributed by atoms with Crippen LogP contribution >= 0.6 is 11.3 Å². The quantitative estimate of drug-likeness (QED) is 0.0315. The zero-order chi connectivity index (χ0) is 105. The summed E-state index contributed by atoms with van der Waals surface area (Å²) in [5, 5.41) is 33.1. The summed E-state index contributed by atoms with van der Waals surface area (Å²) in [6.07, 6.45) is 33.0. The SMILES string of the molecule is CC(C)(C)CC(C)(C)N.CC(C)(C)CC(N)C(=O)O.CC(C)(C)CCCCN.CC(C)(C)CCCN.CC(C)(C)C[C@@H](N)C(C)(C)O.CC(C)(C)C[C@@H](N)Cc1ccc(F)cc1.CC(C)(C)C[C@@H](N)Cc1cscn1.CC(C)CC1CCC(=O)N1.CC(C)Cc1ccn[nH]1.CCC.CCC1(CC(C)(C)C)CC1.CCCCC(C)(C)C.COC[C@H](N)CC(C)(C)C.C[C@@H]1CCCNC1. The molecule has 7 atom stereocenters. The average molecular weight is 1890 g/mol. The van der Waals surface area contributed by atoms with Gasteiger partial charge in [0.05, 0.1) is 23.4 Å². The summed E-state index contributed by atoms with van der Waals surface area (Å²) in [6, 6.07) is 8.77. The van der Waals surface area contributed by atoms with Gasteiger partial charge in [-0.25, -0.2) is 9.37 Å². The number of aliphatic hydroxyl groups is 1. The molecule has 3 aliphatic rings. The Labute approximate surface area is 824 Å². The molecule has 6 rings (SSSR count). The third kappa shape index (κ3) is 123. The molecule has 132 heavy (non-hydrogen) atoms. The van der Waals surface area contributed by atoms with Crippen LogP contribution in [0, 0.1) is 83.1 Å². The zero-order valence-electron chi connectivity index (χ0n) is 95.9. The minimum absolute atomic E-state index is 0.00218. The van der Waals surface area contributed by atoms with Gasteiger partial charge < -0.3 is 71.5 Å². The number of carboxylic acid groups (broad SMARTS) is 1. The van der Waals surface area contributed by atoms with E-state index in [-0.39, 0.29) is 57.7 Å². The number of carbonyl (C=O) groups excluding carboxylic acids is 1. The maximum absolute atomic E-state index is 12.7. The fourth-order valence-electron chi connectivity index (χ4n) is 14.7. The van der Waals surface area contributed by atoms with Crippen LogP contribution in [-0.2, 0) is 33.6 Å². The van der Waals surface area contributed by atoms with Crippen molar-refractivity contribution in [3.8, 4) is 0 Å². The molecule has 18 nitrogen and oxygen atoms in total. The summed E-state index contributed by atoms with van der Waals surface area (Å²) in [5.74, 6) is 1.45. The largest absolute Gasteiger partial charge is 0.480 e. The molecule has 1 amide bonds. The Hall–Kier alpha value is -3.51. The van der Waals surface area contributed by atoms with E-state index in [1.54, 1.807) is 50.6 Å². The predicted octanol–water partition coefficient (Wildman–Crippen LogP) is 27.6. The lowest BCUT2D eigenvalue weighted by molar-refractivity contribution is -0.139. The lowest BCUT2D eigenvalue weighted by Gasteiger charge is -2.31. The van der Waals surface area contributed by atoms with Crippen LogP contribution in [0.25, 0.3) is 0 Å². The molecular weight excluding hydrogens is 1660 g/mol. The predicted molar refractivity (Wildman–Crippen MR) is 584 cm³/mol. The molecular formula is C112H234FN13O5S. The number of aliphatic carboxylic acids is 1. The van der Waals surface area contributed by atoms with Gasteiger partial charge in [0, 0.05) is 73.0 Å². The number of piperidine rings is 1. The van der Waals surface area contributed by atoms with E-state index in [9.17, 15) is 19.1 Å². The van der Waals surface area contributed by atoms with Gasteiger partial charge in [-0.1, -0.05) is 314 Å². The van der Waals surface area contributed by atoms with E-state index in [4.69, 9.17) is 55.7 Å². The fourth-order valence-corrected chi connectivity index (χ4v) is 15.3. The van der Waals surface area contributed by atoms with E-state index >= 15 is 0 Å². The monoisotopic (exact) mass is 1890 g/mol. The smallest absolute Gasteiger partial charge is 0.320 e. The Morgan fingerprint density at radius 1 is 0.576 bits per heavy atom. The lowest BCUT2D eigenvalue weighted by Crippen LogP contribution is -2.45. The van der Waals surface area contributed by atoms with Crippen molar-refractivity contribution in [2.75, 3.05) is 39.9 Å². The van der Waals surface area contributed by atoms with Crippen LogP contribution in [0.2, 0.25) is 0 Å². The van der Waals surface area contributed by atoms with Gasteiger partial charge in [0.15, 0.2) is 0 Å². The molecule has 3 fully saturated rings. The van der Waals surface area contributed by atoms with Gasteiger partial charge in [0.25, 0.3) is 0 Å². The van der Waals surface area contributed by atoms with Crippen LogP contribution in [0.1, 0.15) is 469 Å². The van der Waals surface area contributed by atoms with Crippen LogP contribution in [0.3, 0.4) is 0 Å². The van der Waals surface area contributed by atoms with Crippen molar-refractivity contribution in [3.05, 3.63) is 70.2 Å². The van der Waals surface area contributed by atoms with E-state index in [2.05, 4.69) is 294 Å². The molecule has 1 aromatic carbocycles. The number of thiazole rings is 1. The number of hydrogen-bond acceptors (Lipinski definition) is 16. The van der Waals surface area contributed by atoms with Crippen LogP contribution in [0.4, 0.5) is 4.39 Å². The highest BCUT2D eigenvalue weighted by molar-refractivity contribution is 7.07. The van der Waals surface area contributed by atoms with Crippen molar-refractivity contribution in [3.63, 3.8) is 0 Å². The first-order chi connectivity index (χ1) is 59.4. The minimum atomic E-state index is -0.921. The van der Waals surface area contributed by atoms with Crippen molar-refractivity contribution in [1.29, 1.82) is 0 Å². The van der Waals surface area contributed by atoms with E-state index in [1.165, 1.54) is 121 Å². The number of hydrogen-bond donors (Lipinski definition) is 13. The summed E-state index contributed by atoms with van der Waals surface area (Å²) in [4.78, 5) is 25.2. The van der Waals surface area contributed by atoms with Gasteiger partial charge in [-0.05, 0) is 283 Å². The number of nitrogens with one attached hydrogen (secondary N) is 3. The van der Waals surface area contributed by atoms with Gasteiger partial charge in [0.1, 0.15) is 11.9 Å². The maximum atomic E-state index is 12.7. The van der Waals surface area contributed by atoms with Gasteiger partial charge in [-0.3, -0.25) is 14.7 Å². The highest BCUT2D eigenvalue weighted by Crippen LogP contribution is 2.55. The minimum Gasteiger partial charge on any atom is -0.480 e. The van der Waals surface area contributed by atoms with Crippen molar-refractivity contribution in [2.24, 2.45) is 123 Å². The number of nitrogens with zero attached hydrogens (tertiary/aromatic N) is 2. The third-order valence-corrected chi connectivity index (χ3v) is 20.9. The van der Waals surface area contributed by atoms with Gasteiger partial charge in [-0.15, -0.1) is 11.3 Å². The van der Waals surface area contributed by atoms with E-state index in [0.29, 0.717) is 68.8 Å². The Morgan fingerprint density at radius 2 is 1.02 bits per heavy atom. The molecule has 0 spiro atoms. The number of methoxy groups -OCH3 is 1. The number of unbranched alkanes of at least 4 members (excludes halogenated alkanes) is 2. The number of halogens is 1.